The number of likely N-dealkylation sites (N-methyl/N-ethyl adjacent to an activating group) is 2. The fourth-order valence-electron chi connectivity index (χ4n) is 3.60. The molecule has 1 aliphatic heterocycles. The molecule has 168 valence electrons. The van der Waals surface area contributed by atoms with Gasteiger partial charge in [0, 0.05) is 52.4 Å². The number of aliphatic imine (C=N–C) groups is 1. The van der Waals surface area contributed by atoms with Crippen LogP contribution in [0, 0.1) is 0 Å². The molecule has 1 atom stereocenters. The van der Waals surface area contributed by atoms with Gasteiger partial charge in [-0.15, -0.1) is 24.0 Å². The zero-order valence-corrected chi connectivity index (χ0v) is 20.7. The Labute approximate surface area is 193 Å². The van der Waals surface area contributed by atoms with E-state index in [1.807, 2.05) is 12.1 Å². The molecule has 0 saturated carbocycles. The van der Waals surface area contributed by atoms with E-state index in [-0.39, 0.29) is 24.0 Å². The maximum absolute atomic E-state index is 5.42. The van der Waals surface area contributed by atoms with Crippen molar-refractivity contribution in [1.82, 2.24) is 20.4 Å². The number of hydrogen-bond donors (Lipinski definition) is 2. The Balaban J connectivity index is 0.00000420. The first kappa shape index (κ1) is 26.2. The van der Waals surface area contributed by atoms with Gasteiger partial charge in [0.1, 0.15) is 5.76 Å². The first-order valence-corrected chi connectivity index (χ1v) is 10.7. The van der Waals surface area contributed by atoms with Gasteiger partial charge in [-0.2, -0.15) is 0 Å². The zero-order valence-electron chi connectivity index (χ0n) is 18.4. The fourth-order valence-corrected chi connectivity index (χ4v) is 3.60. The van der Waals surface area contributed by atoms with Crippen LogP contribution in [0.25, 0.3) is 0 Å². The van der Waals surface area contributed by atoms with Crippen molar-refractivity contribution in [2.75, 3.05) is 66.6 Å². The van der Waals surface area contributed by atoms with Crippen LogP contribution in [0.1, 0.15) is 31.9 Å². The van der Waals surface area contributed by atoms with E-state index in [2.05, 4.69) is 34.4 Å². The van der Waals surface area contributed by atoms with Crippen molar-refractivity contribution in [3.05, 3.63) is 24.2 Å². The highest BCUT2D eigenvalue weighted by Gasteiger charge is 2.22. The standard InChI is InChI=1S/C21H39N5O2.HI/c1-4-26-14-5-8-19(26)18-24-21(22-11-10-20-9-6-17-28-20)23-12-15-25(2)13-7-16-27-3;/h6,9,17,19H,4-5,7-8,10-16,18H2,1-3H3,(H2,22,23,24);1H. The summed E-state index contributed by atoms with van der Waals surface area (Å²) in [7, 11) is 3.90. The van der Waals surface area contributed by atoms with Gasteiger partial charge < -0.3 is 24.7 Å². The molecule has 0 aliphatic carbocycles. The Morgan fingerprint density at radius 1 is 1.34 bits per heavy atom. The van der Waals surface area contributed by atoms with Crippen molar-refractivity contribution >= 4 is 29.9 Å². The van der Waals surface area contributed by atoms with Crippen molar-refractivity contribution < 1.29 is 9.15 Å². The monoisotopic (exact) mass is 521 g/mol. The van der Waals surface area contributed by atoms with Crippen LogP contribution in [0.3, 0.4) is 0 Å². The second-order valence-corrected chi connectivity index (χ2v) is 7.45. The average molecular weight is 521 g/mol. The third-order valence-electron chi connectivity index (χ3n) is 5.28. The van der Waals surface area contributed by atoms with Crippen molar-refractivity contribution in [3.8, 4) is 0 Å². The number of furan rings is 1. The summed E-state index contributed by atoms with van der Waals surface area (Å²) < 4.78 is 10.5. The van der Waals surface area contributed by atoms with Gasteiger partial charge in [0.05, 0.1) is 12.8 Å². The minimum absolute atomic E-state index is 0. The molecule has 0 amide bonds. The van der Waals surface area contributed by atoms with Crippen molar-refractivity contribution in [2.24, 2.45) is 4.99 Å². The Hall–Kier alpha value is -0.840. The van der Waals surface area contributed by atoms with Crippen LogP contribution >= 0.6 is 24.0 Å². The van der Waals surface area contributed by atoms with E-state index in [1.54, 1.807) is 13.4 Å². The summed E-state index contributed by atoms with van der Waals surface area (Å²) in [6.07, 6.45) is 6.18. The molecule has 1 aromatic heterocycles. The van der Waals surface area contributed by atoms with Crippen LogP contribution < -0.4 is 10.6 Å². The van der Waals surface area contributed by atoms with Gasteiger partial charge in [0.25, 0.3) is 0 Å². The molecule has 1 fully saturated rings. The summed E-state index contributed by atoms with van der Waals surface area (Å²) in [5.74, 6) is 1.90. The second kappa shape index (κ2) is 15.9. The summed E-state index contributed by atoms with van der Waals surface area (Å²) >= 11 is 0. The summed E-state index contributed by atoms with van der Waals surface area (Å²) in [5, 5.41) is 6.96. The predicted octanol–water partition coefficient (Wildman–Crippen LogP) is 2.43. The molecular weight excluding hydrogens is 481 g/mol. The van der Waals surface area contributed by atoms with Crippen LogP contribution in [-0.4, -0.2) is 88.4 Å². The van der Waals surface area contributed by atoms with Gasteiger partial charge in [-0.1, -0.05) is 6.92 Å². The van der Waals surface area contributed by atoms with Gasteiger partial charge in [0.15, 0.2) is 5.96 Å². The van der Waals surface area contributed by atoms with E-state index < -0.39 is 0 Å². The zero-order chi connectivity index (χ0) is 20.0. The lowest BCUT2D eigenvalue weighted by Crippen LogP contribution is -2.43. The maximum atomic E-state index is 5.42. The van der Waals surface area contributed by atoms with Crippen molar-refractivity contribution in [2.45, 2.75) is 38.6 Å². The Morgan fingerprint density at radius 3 is 2.90 bits per heavy atom. The van der Waals surface area contributed by atoms with Gasteiger partial charge in [-0.25, -0.2) is 0 Å². The summed E-state index contributed by atoms with van der Waals surface area (Å²) in [5.41, 5.74) is 0. The van der Waals surface area contributed by atoms with Gasteiger partial charge >= 0.3 is 0 Å². The van der Waals surface area contributed by atoms with E-state index >= 15 is 0 Å². The molecule has 0 aromatic carbocycles. The highest BCUT2D eigenvalue weighted by atomic mass is 127. The number of likely N-dealkylation sites (tertiary alicyclic amines) is 1. The molecule has 0 bridgehead atoms. The van der Waals surface area contributed by atoms with Gasteiger partial charge in [-0.3, -0.25) is 9.89 Å². The molecule has 1 aliphatic rings. The summed E-state index contributed by atoms with van der Waals surface area (Å²) in [6.45, 7) is 9.93. The third kappa shape index (κ3) is 10.7. The lowest BCUT2D eigenvalue weighted by atomic mass is 10.2. The van der Waals surface area contributed by atoms with Crippen LogP contribution in [-0.2, 0) is 11.2 Å². The molecule has 29 heavy (non-hydrogen) atoms. The summed E-state index contributed by atoms with van der Waals surface area (Å²) in [6, 6.07) is 4.52. The quantitative estimate of drug-likeness (QED) is 0.180. The van der Waals surface area contributed by atoms with E-state index in [4.69, 9.17) is 14.1 Å². The van der Waals surface area contributed by atoms with E-state index in [9.17, 15) is 0 Å². The number of methoxy groups -OCH3 is 1. The predicted molar refractivity (Wildman–Crippen MR) is 130 cm³/mol. The highest BCUT2D eigenvalue weighted by Crippen LogP contribution is 2.16. The average Bonchev–Trinajstić information content (AvgIpc) is 3.37. The fraction of sp³-hybridized carbons (Fsp3) is 0.762. The van der Waals surface area contributed by atoms with Crippen LogP contribution in [0.5, 0.6) is 0 Å². The molecule has 2 heterocycles. The smallest absolute Gasteiger partial charge is 0.191 e. The molecule has 0 radical (unpaired) electrons. The lowest BCUT2D eigenvalue weighted by Gasteiger charge is -2.22. The van der Waals surface area contributed by atoms with E-state index in [0.717, 1.165) is 70.4 Å². The number of nitrogens with zero attached hydrogens (tertiary/aromatic N) is 3. The number of hydrogen-bond acceptors (Lipinski definition) is 5. The number of halogens is 1. The molecule has 8 heteroatoms. The minimum Gasteiger partial charge on any atom is -0.469 e. The number of ether oxygens (including phenoxy) is 1. The Kier molecular flexibility index (Phi) is 14.4. The molecular formula is C21H40IN5O2. The lowest BCUT2D eigenvalue weighted by molar-refractivity contribution is 0.180. The Morgan fingerprint density at radius 2 is 2.17 bits per heavy atom. The molecule has 1 unspecified atom stereocenters. The highest BCUT2D eigenvalue weighted by molar-refractivity contribution is 14.0. The molecule has 7 nitrogen and oxygen atoms in total. The largest absolute Gasteiger partial charge is 0.469 e. The third-order valence-corrected chi connectivity index (χ3v) is 5.28. The Bertz CT molecular complexity index is 541. The molecule has 0 spiro atoms. The van der Waals surface area contributed by atoms with Gasteiger partial charge in [0.2, 0.25) is 0 Å². The number of nitrogens with one attached hydrogen (secondary N) is 2. The first-order chi connectivity index (χ1) is 13.7. The normalized spacial score (nSPS) is 17.5. The molecule has 2 N–H and O–H groups in total. The number of guanidine groups is 1. The van der Waals surface area contributed by atoms with E-state index in [1.165, 1.54) is 19.4 Å². The van der Waals surface area contributed by atoms with E-state index in [0.29, 0.717) is 6.04 Å². The maximum Gasteiger partial charge on any atom is 0.191 e. The van der Waals surface area contributed by atoms with Crippen LogP contribution in [0.2, 0.25) is 0 Å². The first-order valence-electron chi connectivity index (χ1n) is 10.7. The van der Waals surface area contributed by atoms with Gasteiger partial charge in [-0.05, 0) is 51.5 Å². The topological polar surface area (TPSA) is 65.3 Å². The molecule has 2 rings (SSSR count). The van der Waals surface area contributed by atoms with Crippen molar-refractivity contribution in [1.29, 1.82) is 0 Å². The minimum atomic E-state index is 0. The SMILES string of the molecule is CCN1CCCC1CN=C(NCCc1ccco1)NCCN(C)CCCOC.I. The second-order valence-electron chi connectivity index (χ2n) is 7.45. The molecule has 1 aromatic rings. The number of rotatable bonds is 13. The van der Waals surface area contributed by atoms with Crippen LogP contribution in [0.4, 0.5) is 0 Å². The van der Waals surface area contributed by atoms with Crippen LogP contribution in [0.15, 0.2) is 27.8 Å². The molecule has 1 saturated heterocycles. The summed E-state index contributed by atoms with van der Waals surface area (Å²) in [4.78, 5) is 9.74. The van der Waals surface area contributed by atoms with Crippen molar-refractivity contribution in [3.63, 3.8) is 0 Å².